The summed E-state index contributed by atoms with van der Waals surface area (Å²) in [6.07, 6.45) is 1.17. The molecule has 0 radical (unpaired) electrons. The van der Waals surface area contributed by atoms with Crippen molar-refractivity contribution in [3.8, 4) is 0 Å². The molecule has 1 saturated heterocycles. The fourth-order valence-corrected chi connectivity index (χ4v) is 4.16. The second-order valence-corrected chi connectivity index (χ2v) is 7.34. The molecule has 2 aromatic rings. The number of para-hydroxylation sites is 1. The van der Waals surface area contributed by atoms with E-state index in [0.717, 1.165) is 16.0 Å². The van der Waals surface area contributed by atoms with Gasteiger partial charge in [0, 0.05) is 0 Å². The lowest BCUT2D eigenvalue weighted by Gasteiger charge is -2.22. The number of hydrogen-bond acceptors (Lipinski definition) is 3. The predicted molar refractivity (Wildman–Crippen MR) is 102 cm³/mol. The number of fused-ring (bicyclic) bond motifs is 2. The second-order valence-electron chi connectivity index (χ2n) is 6.53. The molecule has 0 aromatic heterocycles. The molecule has 4 amide bonds. The predicted octanol–water partition coefficient (Wildman–Crippen LogP) is 3.33. The Hall–Kier alpha value is -2.57. The van der Waals surface area contributed by atoms with Gasteiger partial charge in [-0.2, -0.15) is 0 Å². The summed E-state index contributed by atoms with van der Waals surface area (Å²) in [6, 6.07) is 11.8. The molecule has 2 aliphatic rings. The summed E-state index contributed by atoms with van der Waals surface area (Å²) in [5, 5.41) is 5.90. The number of rotatable bonds is 3. The van der Waals surface area contributed by atoms with Gasteiger partial charge in [-0.25, -0.2) is 4.79 Å². The number of amides is 4. The molecule has 8 heteroatoms. The van der Waals surface area contributed by atoms with Crippen molar-refractivity contribution in [1.29, 1.82) is 0 Å². The minimum Gasteiger partial charge on any atom is -0.322 e. The van der Waals surface area contributed by atoms with Gasteiger partial charge in [-0.3, -0.25) is 14.5 Å². The van der Waals surface area contributed by atoms with Gasteiger partial charge >= 0.3 is 6.03 Å². The second kappa shape index (κ2) is 6.55. The van der Waals surface area contributed by atoms with E-state index < -0.39 is 29.9 Å². The lowest BCUT2D eigenvalue weighted by atomic mass is 9.92. The highest BCUT2D eigenvalue weighted by Gasteiger charge is 2.55. The van der Waals surface area contributed by atoms with Gasteiger partial charge in [0.05, 0.1) is 15.7 Å². The van der Waals surface area contributed by atoms with Gasteiger partial charge < -0.3 is 10.6 Å². The number of hydrogen-bond donors (Lipinski definition) is 2. The number of aryl methyl sites for hydroxylation is 1. The summed E-state index contributed by atoms with van der Waals surface area (Å²) >= 11 is 12.1. The maximum atomic E-state index is 13.0. The van der Waals surface area contributed by atoms with Crippen molar-refractivity contribution in [2.75, 3.05) is 11.9 Å². The van der Waals surface area contributed by atoms with E-state index >= 15 is 0 Å². The fourth-order valence-electron chi connectivity index (χ4n) is 3.67. The van der Waals surface area contributed by atoms with Gasteiger partial charge in [-0.1, -0.05) is 53.5 Å². The molecule has 6 nitrogen and oxygen atoms in total. The number of nitrogens with one attached hydrogen (secondary N) is 2. The Morgan fingerprint density at radius 2 is 1.81 bits per heavy atom. The Morgan fingerprint density at radius 1 is 1.11 bits per heavy atom. The smallest absolute Gasteiger partial charge is 0.322 e. The molecule has 1 aliphatic carbocycles. The van der Waals surface area contributed by atoms with Crippen LogP contribution in [0.1, 0.15) is 17.5 Å². The van der Waals surface area contributed by atoms with Crippen LogP contribution in [-0.2, 0) is 21.5 Å². The van der Waals surface area contributed by atoms with Crippen LogP contribution >= 0.6 is 23.2 Å². The van der Waals surface area contributed by atoms with Gasteiger partial charge in [0.2, 0.25) is 5.91 Å². The standard InChI is InChI=1S/C19H15Cl2N3O3/c20-13-6-3-7-14(21)16(13)22-15(25)10-24-17(26)19(23-18(24)27)9-8-11-4-1-2-5-12(11)19/h1-7H,8-10H2,(H,22,25)(H,23,27)/t19-/m0/s1. The van der Waals surface area contributed by atoms with E-state index in [-0.39, 0.29) is 15.7 Å². The molecule has 0 unspecified atom stereocenters. The summed E-state index contributed by atoms with van der Waals surface area (Å²) in [6.45, 7) is -0.421. The molecule has 1 aliphatic heterocycles. The zero-order chi connectivity index (χ0) is 19.2. The molecule has 1 atom stereocenters. The number of urea groups is 1. The fraction of sp³-hybridized carbons (Fsp3) is 0.211. The highest BCUT2D eigenvalue weighted by molar-refractivity contribution is 6.39. The summed E-state index contributed by atoms with van der Waals surface area (Å²) in [5.41, 5.74) is 0.982. The molecule has 4 rings (SSSR count). The maximum Gasteiger partial charge on any atom is 0.325 e. The zero-order valence-electron chi connectivity index (χ0n) is 14.1. The highest BCUT2D eigenvalue weighted by atomic mass is 35.5. The van der Waals surface area contributed by atoms with Crippen LogP contribution in [0, 0.1) is 0 Å². The van der Waals surface area contributed by atoms with Crippen LogP contribution in [0.4, 0.5) is 10.5 Å². The molecule has 2 N–H and O–H groups in total. The number of benzene rings is 2. The van der Waals surface area contributed by atoms with Gasteiger partial charge in [-0.05, 0) is 36.1 Å². The largest absolute Gasteiger partial charge is 0.325 e. The summed E-state index contributed by atoms with van der Waals surface area (Å²) in [5.74, 6) is -0.977. The number of nitrogens with zero attached hydrogens (tertiary/aromatic N) is 1. The van der Waals surface area contributed by atoms with Crippen LogP contribution in [0.25, 0.3) is 0 Å². The topological polar surface area (TPSA) is 78.5 Å². The van der Waals surface area contributed by atoms with Crippen LogP contribution in [0.3, 0.4) is 0 Å². The van der Waals surface area contributed by atoms with Gasteiger partial charge in [0.1, 0.15) is 12.1 Å². The Balaban J connectivity index is 1.55. The van der Waals surface area contributed by atoms with Crippen LogP contribution in [0.2, 0.25) is 10.0 Å². The molecule has 1 spiro atoms. The molecule has 1 heterocycles. The summed E-state index contributed by atoms with van der Waals surface area (Å²) < 4.78 is 0. The van der Waals surface area contributed by atoms with Crippen LogP contribution in [-0.4, -0.2) is 29.3 Å². The van der Waals surface area contributed by atoms with E-state index in [1.165, 1.54) is 0 Å². The Morgan fingerprint density at radius 3 is 2.56 bits per heavy atom. The average Bonchev–Trinajstić information content (AvgIpc) is 3.12. The number of carbonyl (C=O) groups is 3. The number of carbonyl (C=O) groups excluding carboxylic acids is 3. The van der Waals surface area contributed by atoms with Crippen molar-refractivity contribution in [2.45, 2.75) is 18.4 Å². The first-order valence-electron chi connectivity index (χ1n) is 8.39. The normalized spacial score (nSPS) is 20.7. The highest BCUT2D eigenvalue weighted by Crippen LogP contribution is 2.41. The quantitative estimate of drug-likeness (QED) is 0.771. The minimum absolute atomic E-state index is 0.249. The van der Waals surface area contributed by atoms with Crippen molar-refractivity contribution in [1.82, 2.24) is 10.2 Å². The number of imide groups is 1. The molecular formula is C19H15Cl2N3O3. The molecule has 0 bridgehead atoms. The Labute approximate surface area is 165 Å². The summed E-state index contributed by atoms with van der Waals surface area (Å²) in [4.78, 5) is 38.8. The maximum absolute atomic E-state index is 13.0. The zero-order valence-corrected chi connectivity index (χ0v) is 15.6. The third-order valence-corrected chi connectivity index (χ3v) is 5.58. The average molecular weight is 404 g/mol. The number of halogens is 2. The Bertz CT molecular complexity index is 958. The van der Waals surface area contributed by atoms with E-state index in [0.29, 0.717) is 12.8 Å². The molecule has 138 valence electrons. The monoisotopic (exact) mass is 403 g/mol. The van der Waals surface area contributed by atoms with Crippen LogP contribution in [0.15, 0.2) is 42.5 Å². The van der Waals surface area contributed by atoms with E-state index in [1.54, 1.807) is 18.2 Å². The van der Waals surface area contributed by atoms with Gasteiger partial charge in [0.15, 0.2) is 0 Å². The van der Waals surface area contributed by atoms with Crippen LogP contribution < -0.4 is 10.6 Å². The van der Waals surface area contributed by atoms with Crippen molar-refractivity contribution >= 4 is 46.7 Å². The third-order valence-electron chi connectivity index (χ3n) is 4.95. The number of anilines is 1. The lowest BCUT2D eigenvalue weighted by molar-refractivity contribution is -0.134. The molecular weight excluding hydrogens is 389 g/mol. The SMILES string of the molecule is O=C(CN1C(=O)N[C@]2(CCc3ccccc32)C1=O)Nc1c(Cl)cccc1Cl. The van der Waals surface area contributed by atoms with E-state index in [4.69, 9.17) is 23.2 Å². The van der Waals surface area contributed by atoms with Crippen molar-refractivity contribution in [3.05, 3.63) is 63.6 Å². The van der Waals surface area contributed by atoms with Crippen molar-refractivity contribution in [2.24, 2.45) is 0 Å². The third kappa shape index (κ3) is 2.85. The Kier molecular flexibility index (Phi) is 4.32. The van der Waals surface area contributed by atoms with Crippen molar-refractivity contribution < 1.29 is 14.4 Å². The molecule has 0 saturated carbocycles. The van der Waals surface area contributed by atoms with Crippen LogP contribution in [0.5, 0.6) is 0 Å². The van der Waals surface area contributed by atoms with Gasteiger partial charge in [0.25, 0.3) is 5.91 Å². The van der Waals surface area contributed by atoms with E-state index in [2.05, 4.69) is 10.6 Å². The molecule has 2 aromatic carbocycles. The van der Waals surface area contributed by atoms with E-state index in [1.807, 2.05) is 24.3 Å². The van der Waals surface area contributed by atoms with E-state index in [9.17, 15) is 14.4 Å². The first kappa shape index (κ1) is 17.8. The minimum atomic E-state index is -1.09. The molecule has 27 heavy (non-hydrogen) atoms. The first-order chi connectivity index (χ1) is 12.9. The van der Waals surface area contributed by atoms with Crippen molar-refractivity contribution in [3.63, 3.8) is 0 Å². The lowest BCUT2D eigenvalue weighted by Crippen LogP contribution is -2.43. The van der Waals surface area contributed by atoms with Gasteiger partial charge in [-0.15, -0.1) is 0 Å². The summed E-state index contributed by atoms with van der Waals surface area (Å²) in [7, 11) is 0. The first-order valence-corrected chi connectivity index (χ1v) is 9.14. The molecule has 1 fully saturated rings.